The summed E-state index contributed by atoms with van der Waals surface area (Å²) in [5, 5.41) is 8.53. The van der Waals surface area contributed by atoms with E-state index in [1.54, 1.807) is 18.2 Å². The Bertz CT molecular complexity index is 509. The highest BCUT2D eigenvalue weighted by atomic mass is 16.5. The Hall–Kier alpha value is -2.30. The molecule has 0 aliphatic carbocycles. The molecule has 0 radical (unpaired) electrons. The number of hydrogen-bond acceptors (Lipinski definition) is 3. The molecule has 1 amide bonds. The van der Waals surface area contributed by atoms with Crippen molar-refractivity contribution in [1.82, 2.24) is 0 Å². The van der Waals surface area contributed by atoms with Crippen molar-refractivity contribution in [2.24, 2.45) is 0 Å². The summed E-state index contributed by atoms with van der Waals surface area (Å²) >= 11 is 0. The second-order valence-corrected chi connectivity index (χ2v) is 4.02. The van der Waals surface area contributed by atoms with Gasteiger partial charge in [0.25, 0.3) is 5.91 Å². The molecule has 0 fully saturated rings. The highest BCUT2D eigenvalue weighted by Crippen LogP contribution is 2.32. The largest absolute Gasteiger partial charge is 0.487 e. The smallest absolute Gasteiger partial charge is 0.328 e. The molecule has 0 aromatic heterocycles. The number of amides is 1. The van der Waals surface area contributed by atoms with Crippen molar-refractivity contribution in [3.05, 3.63) is 36.4 Å². The van der Waals surface area contributed by atoms with Gasteiger partial charge >= 0.3 is 5.97 Å². The molecule has 5 nitrogen and oxygen atoms in total. The summed E-state index contributed by atoms with van der Waals surface area (Å²) in [6.45, 7) is 2.26. The SMILES string of the molecule is CC1CN(C(=O)/C=C/C(=O)O)c2ccccc2O1. The molecule has 18 heavy (non-hydrogen) atoms. The fourth-order valence-electron chi connectivity index (χ4n) is 1.83. The lowest BCUT2D eigenvalue weighted by Crippen LogP contribution is -2.41. The molecule has 2 rings (SSSR count). The summed E-state index contributed by atoms with van der Waals surface area (Å²) in [6.07, 6.45) is 1.77. The monoisotopic (exact) mass is 247 g/mol. The number of carboxylic acid groups (broad SMARTS) is 1. The lowest BCUT2D eigenvalue weighted by Gasteiger charge is -2.32. The van der Waals surface area contributed by atoms with E-state index in [9.17, 15) is 9.59 Å². The number of aliphatic carboxylic acids is 1. The van der Waals surface area contributed by atoms with Crippen LogP contribution in [0.4, 0.5) is 5.69 Å². The maximum Gasteiger partial charge on any atom is 0.328 e. The highest BCUT2D eigenvalue weighted by Gasteiger charge is 2.25. The topological polar surface area (TPSA) is 66.8 Å². The van der Waals surface area contributed by atoms with Crippen LogP contribution in [0.1, 0.15) is 6.92 Å². The molecule has 0 saturated carbocycles. The van der Waals surface area contributed by atoms with Gasteiger partial charge in [-0.3, -0.25) is 4.79 Å². The Morgan fingerprint density at radius 3 is 2.83 bits per heavy atom. The molecule has 1 unspecified atom stereocenters. The van der Waals surface area contributed by atoms with E-state index < -0.39 is 5.97 Å². The number of carboxylic acids is 1. The summed E-state index contributed by atoms with van der Waals surface area (Å²) in [5.41, 5.74) is 0.663. The van der Waals surface area contributed by atoms with Gasteiger partial charge in [-0.1, -0.05) is 12.1 Å². The number of anilines is 1. The normalized spacial score (nSPS) is 18.3. The highest BCUT2D eigenvalue weighted by molar-refractivity contribution is 6.05. The zero-order chi connectivity index (χ0) is 13.1. The van der Waals surface area contributed by atoms with Gasteiger partial charge < -0.3 is 14.7 Å². The zero-order valence-electron chi connectivity index (χ0n) is 9.87. The van der Waals surface area contributed by atoms with Crippen LogP contribution in [0.5, 0.6) is 5.75 Å². The van der Waals surface area contributed by atoms with Crippen molar-refractivity contribution < 1.29 is 19.4 Å². The van der Waals surface area contributed by atoms with Gasteiger partial charge in [0.1, 0.15) is 11.9 Å². The number of carbonyl (C=O) groups is 2. The first-order valence-corrected chi connectivity index (χ1v) is 5.56. The molecule has 1 aliphatic rings. The summed E-state index contributed by atoms with van der Waals surface area (Å²) in [5.74, 6) is -0.869. The number of ether oxygens (including phenoxy) is 1. The summed E-state index contributed by atoms with van der Waals surface area (Å²) < 4.78 is 5.60. The molecule has 1 aliphatic heterocycles. The molecular weight excluding hydrogens is 234 g/mol. The van der Waals surface area contributed by atoms with Crippen LogP contribution in [-0.4, -0.2) is 29.6 Å². The number of fused-ring (bicyclic) bond motifs is 1. The Morgan fingerprint density at radius 2 is 2.11 bits per heavy atom. The third-order valence-corrected chi connectivity index (χ3v) is 2.56. The number of para-hydroxylation sites is 2. The quantitative estimate of drug-likeness (QED) is 0.803. The first kappa shape index (κ1) is 12.2. The predicted octanol–water partition coefficient (Wildman–Crippen LogP) is 1.44. The second kappa shape index (κ2) is 4.91. The first-order valence-electron chi connectivity index (χ1n) is 5.56. The number of rotatable bonds is 2. The number of hydrogen-bond donors (Lipinski definition) is 1. The van der Waals surface area contributed by atoms with Crippen molar-refractivity contribution in [3.8, 4) is 5.75 Å². The van der Waals surface area contributed by atoms with Crippen LogP contribution in [0.15, 0.2) is 36.4 Å². The van der Waals surface area contributed by atoms with Crippen molar-refractivity contribution in [1.29, 1.82) is 0 Å². The van der Waals surface area contributed by atoms with Crippen LogP contribution < -0.4 is 9.64 Å². The van der Waals surface area contributed by atoms with E-state index in [1.807, 2.05) is 13.0 Å². The van der Waals surface area contributed by atoms with Crippen LogP contribution >= 0.6 is 0 Å². The Morgan fingerprint density at radius 1 is 1.39 bits per heavy atom. The Labute approximate surface area is 104 Å². The van der Waals surface area contributed by atoms with Crippen molar-refractivity contribution in [3.63, 3.8) is 0 Å². The number of nitrogens with zero attached hydrogens (tertiary/aromatic N) is 1. The second-order valence-electron chi connectivity index (χ2n) is 4.02. The molecule has 5 heteroatoms. The van der Waals surface area contributed by atoms with Gasteiger partial charge in [0.05, 0.1) is 12.2 Å². The maximum absolute atomic E-state index is 11.9. The minimum atomic E-state index is -1.14. The average Bonchev–Trinajstić information content (AvgIpc) is 2.34. The third kappa shape index (κ3) is 2.51. The van der Waals surface area contributed by atoms with Crippen molar-refractivity contribution >= 4 is 17.6 Å². The molecule has 1 heterocycles. The molecule has 0 saturated heterocycles. The zero-order valence-corrected chi connectivity index (χ0v) is 9.87. The van der Waals surface area contributed by atoms with Crippen LogP contribution in [0.25, 0.3) is 0 Å². The molecule has 0 spiro atoms. The predicted molar refractivity (Wildman–Crippen MR) is 65.7 cm³/mol. The lowest BCUT2D eigenvalue weighted by molar-refractivity contribution is -0.131. The Balaban J connectivity index is 2.28. The van der Waals surface area contributed by atoms with Crippen LogP contribution in [0.3, 0.4) is 0 Å². The van der Waals surface area contributed by atoms with E-state index in [-0.39, 0.29) is 12.0 Å². The van der Waals surface area contributed by atoms with E-state index in [0.29, 0.717) is 18.0 Å². The van der Waals surface area contributed by atoms with Gasteiger partial charge in [-0.25, -0.2) is 4.79 Å². The van der Waals surface area contributed by atoms with Gasteiger partial charge in [-0.15, -0.1) is 0 Å². The summed E-state index contributed by atoms with van der Waals surface area (Å²) in [7, 11) is 0. The minimum Gasteiger partial charge on any atom is -0.487 e. The summed E-state index contributed by atoms with van der Waals surface area (Å²) in [6, 6.07) is 7.19. The Kier molecular flexibility index (Phi) is 3.32. The van der Waals surface area contributed by atoms with Crippen LogP contribution in [0.2, 0.25) is 0 Å². The van der Waals surface area contributed by atoms with E-state index in [2.05, 4.69) is 0 Å². The van der Waals surface area contributed by atoms with Crippen LogP contribution in [0, 0.1) is 0 Å². The fourth-order valence-corrected chi connectivity index (χ4v) is 1.83. The van der Waals surface area contributed by atoms with Crippen LogP contribution in [-0.2, 0) is 9.59 Å². The van der Waals surface area contributed by atoms with E-state index in [1.165, 1.54) is 4.90 Å². The third-order valence-electron chi connectivity index (χ3n) is 2.56. The number of carbonyl (C=O) groups excluding carboxylic acids is 1. The lowest BCUT2D eigenvalue weighted by atomic mass is 10.2. The molecule has 1 atom stereocenters. The first-order chi connectivity index (χ1) is 8.58. The van der Waals surface area contributed by atoms with E-state index in [0.717, 1.165) is 12.2 Å². The minimum absolute atomic E-state index is 0.123. The van der Waals surface area contributed by atoms with Gasteiger partial charge in [0, 0.05) is 12.2 Å². The maximum atomic E-state index is 11.9. The summed E-state index contributed by atoms with van der Waals surface area (Å²) in [4.78, 5) is 23.9. The van der Waals surface area contributed by atoms with Crippen molar-refractivity contribution in [2.75, 3.05) is 11.4 Å². The molecular formula is C13H13NO4. The van der Waals surface area contributed by atoms with Gasteiger partial charge in [0.2, 0.25) is 0 Å². The van der Waals surface area contributed by atoms with E-state index >= 15 is 0 Å². The average molecular weight is 247 g/mol. The standard InChI is InChI=1S/C13H13NO4/c1-9-8-14(12(15)6-7-13(16)17)10-4-2-3-5-11(10)18-9/h2-7,9H,8H2,1H3,(H,16,17)/b7-6+. The van der Waals surface area contributed by atoms with Gasteiger partial charge in [0.15, 0.2) is 0 Å². The molecule has 1 N–H and O–H groups in total. The molecule has 1 aromatic rings. The van der Waals surface area contributed by atoms with Crippen molar-refractivity contribution in [2.45, 2.75) is 13.0 Å². The molecule has 1 aromatic carbocycles. The molecule has 94 valence electrons. The van der Waals surface area contributed by atoms with E-state index in [4.69, 9.17) is 9.84 Å². The molecule has 0 bridgehead atoms. The van der Waals surface area contributed by atoms with Gasteiger partial charge in [-0.05, 0) is 19.1 Å². The fraction of sp³-hybridized carbons (Fsp3) is 0.231. The van der Waals surface area contributed by atoms with Gasteiger partial charge in [-0.2, -0.15) is 0 Å². The number of benzene rings is 1.